The maximum Gasteiger partial charge on any atom is 0.128 e. The van der Waals surface area contributed by atoms with E-state index in [0.717, 1.165) is 23.0 Å². The Morgan fingerprint density at radius 1 is 0.737 bits per heavy atom. The lowest BCUT2D eigenvalue weighted by atomic mass is 10.3. The molecule has 5 nitrogen and oxygen atoms in total. The molecule has 100 valence electrons. The molecule has 19 heavy (non-hydrogen) atoms. The quantitative estimate of drug-likeness (QED) is 0.911. The molecule has 0 bridgehead atoms. The fraction of sp³-hybridized carbons (Fsp3) is 0.286. The number of anilines is 4. The number of hydrogen-bond acceptors (Lipinski definition) is 5. The average molecular weight is 257 g/mol. The van der Waals surface area contributed by atoms with Crippen molar-refractivity contribution in [3.63, 3.8) is 0 Å². The first-order chi connectivity index (χ1) is 9.06. The molecule has 0 aliphatic carbocycles. The minimum Gasteiger partial charge on any atom is -0.363 e. The molecule has 2 aromatic rings. The molecule has 2 rings (SSSR count). The van der Waals surface area contributed by atoms with Crippen molar-refractivity contribution in [2.75, 3.05) is 43.3 Å². The van der Waals surface area contributed by atoms with Crippen molar-refractivity contribution in [1.82, 2.24) is 9.97 Å². The predicted octanol–water partition coefficient (Wildman–Crippen LogP) is 2.35. The van der Waals surface area contributed by atoms with Gasteiger partial charge in [-0.1, -0.05) is 0 Å². The fourth-order valence-corrected chi connectivity index (χ4v) is 1.62. The van der Waals surface area contributed by atoms with Gasteiger partial charge in [0.2, 0.25) is 0 Å². The lowest BCUT2D eigenvalue weighted by Gasteiger charge is -2.13. The van der Waals surface area contributed by atoms with Crippen LogP contribution in [0.3, 0.4) is 0 Å². The van der Waals surface area contributed by atoms with Crippen LogP contribution in [-0.2, 0) is 0 Å². The summed E-state index contributed by atoms with van der Waals surface area (Å²) in [7, 11) is 7.89. The maximum atomic E-state index is 4.35. The monoisotopic (exact) mass is 257 g/mol. The standard InChI is InChI=1S/C14H19N5/c1-18(2)13-7-5-11(9-15-13)17-12-6-8-14(16-10-12)19(3)4/h5-10,17H,1-4H3. The van der Waals surface area contributed by atoms with Gasteiger partial charge in [-0.2, -0.15) is 0 Å². The molecular formula is C14H19N5. The number of aromatic nitrogens is 2. The Morgan fingerprint density at radius 3 is 1.42 bits per heavy atom. The fourth-order valence-electron chi connectivity index (χ4n) is 1.62. The van der Waals surface area contributed by atoms with Gasteiger partial charge in [0.1, 0.15) is 11.6 Å². The van der Waals surface area contributed by atoms with Crippen LogP contribution in [0.2, 0.25) is 0 Å². The van der Waals surface area contributed by atoms with E-state index in [4.69, 9.17) is 0 Å². The van der Waals surface area contributed by atoms with Crippen LogP contribution >= 0.6 is 0 Å². The molecule has 0 aliphatic rings. The van der Waals surface area contributed by atoms with E-state index in [0.29, 0.717) is 0 Å². The minimum absolute atomic E-state index is 0.937. The van der Waals surface area contributed by atoms with Gasteiger partial charge in [-0.15, -0.1) is 0 Å². The van der Waals surface area contributed by atoms with Crippen LogP contribution < -0.4 is 15.1 Å². The molecule has 0 aromatic carbocycles. The Kier molecular flexibility index (Phi) is 3.85. The summed E-state index contributed by atoms with van der Waals surface area (Å²) in [5.74, 6) is 1.87. The van der Waals surface area contributed by atoms with Crippen molar-refractivity contribution >= 4 is 23.0 Å². The lowest BCUT2D eigenvalue weighted by molar-refractivity contribution is 1.07. The highest BCUT2D eigenvalue weighted by Crippen LogP contribution is 2.18. The molecule has 1 N–H and O–H groups in total. The van der Waals surface area contributed by atoms with E-state index in [1.165, 1.54) is 0 Å². The molecule has 0 saturated carbocycles. The second-order valence-corrected chi connectivity index (χ2v) is 4.72. The number of pyridine rings is 2. The molecule has 0 amide bonds. The predicted molar refractivity (Wildman–Crippen MR) is 80.4 cm³/mol. The first kappa shape index (κ1) is 13.1. The van der Waals surface area contributed by atoms with Crippen molar-refractivity contribution in [3.05, 3.63) is 36.7 Å². The van der Waals surface area contributed by atoms with Gasteiger partial charge in [-0.25, -0.2) is 9.97 Å². The number of nitrogens with zero attached hydrogens (tertiary/aromatic N) is 4. The zero-order valence-corrected chi connectivity index (χ0v) is 11.8. The Labute approximate surface area is 113 Å². The van der Waals surface area contributed by atoms with Crippen LogP contribution in [0, 0.1) is 0 Å². The van der Waals surface area contributed by atoms with Gasteiger partial charge in [0, 0.05) is 28.2 Å². The third-order valence-corrected chi connectivity index (χ3v) is 2.70. The maximum absolute atomic E-state index is 4.35. The molecule has 0 aliphatic heterocycles. The van der Waals surface area contributed by atoms with Gasteiger partial charge in [0.15, 0.2) is 0 Å². The first-order valence-electron chi connectivity index (χ1n) is 6.10. The van der Waals surface area contributed by atoms with Gasteiger partial charge in [-0.05, 0) is 24.3 Å². The lowest BCUT2D eigenvalue weighted by Crippen LogP contribution is -2.10. The highest BCUT2D eigenvalue weighted by molar-refractivity contribution is 5.60. The summed E-state index contributed by atoms with van der Waals surface area (Å²) in [6.07, 6.45) is 3.63. The zero-order chi connectivity index (χ0) is 13.8. The first-order valence-corrected chi connectivity index (χ1v) is 6.10. The van der Waals surface area contributed by atoms with E-state index in [9.17, 15) is 0 Å². The van der Waals surface area contributed by atoms with Crippen molar-refractivity contribution in [3.8, 4) is 0 Å². The van der Waals surface area contributed by atoms with E-state index in [2.05, 4.69) is 15.3 Å². The SMILES string of the molecule is CN(C)c1ccc(Nc2ccc(N(C)C)nc2)cn1. The second kappa shape index (κ2) is 5.56. The molecule has 0 radical (unpaired) electrons. The normalized spacial score (nSPS) is 10.1. The smallest absolute Gasteiger partial charge is 0.128 e. The molecule has 0 atom stereocenters. The van der Waals surface area contributed by atoms with E-state index >= 15 is 0 Å². The molecule has 2 heterocycles. The van der Waals surface area contributed by atoms with Crippen molar-refractivity contribution in [2.24, 2.45) is 0 Å². The summed E-state index contributed by atoms with van der Waals surface area (Å²) in [4.78, 5) is 12.6. The second-order valence-electron chi connectivity index (χ2n) is 4.72. The summed E-state index contributed by atoms with van der Waals surface area (Å²) in [6, 6.07) is 7.96. The summed E-state index contributed by atoms with van der Waals surface area (Å²) >= 11 is 0. The topological polar surface area (TPSA) is 44.3 Å². The third kappa shape index (κ3) is 3.34. The largest absolute Gasteiger partial charge is 0.363 e. The summed E-state index contributed by atoms with van der Waals surface area (Å²) in [5.41, 5.74) is 1.90. The van der Waals surface area contributed by atoms with Crippen LogP contribution in [0.4, 0.5) is 23.0 Å². The number of nitrogens with one attached hydrogen (secondary N) is 1. The van der Waals surface area contributed by atoms with Crippen molar-refractivity contribution in [2.45, 2.75) is 0 Å². The van der Waals surface area contributed by atoms with Gasteiger partial charge in [-0.3, -0.25) is 0 Å². The minimum atomic E-state index is 0.937. The van der Waals surface area contributed by atoms with E-state index < -0.39 is 0 Å². The third-order valence-electron chi connectivity index (χ3n) is 2.70. The summed E-state index contributed by atoms with van der Waals surface area (Å²) < 4.78 is 0. The van der Waals surface area contributed by atoms with E-state index in [1.54, 1.807) is 0 Å². The highest BCUT2D eigenvalue weighted by atomic mass is 15.1. The van der Waals surface area contributed by atoms with E-state index in [1.807, 2.05) is 74.6 Å². The van der Waals surface area contributed by atoms with Crippen LogP contribution in [0.15, 0.2) is 36.7 Å². The van der Waals surface area contributed by atoms with Crippen LogP contribution in [0.1, 0.15) is 0 Å². The van der Waals surface area contributed by atoms with Gasteiger partial charge in [0.05, 0.1) is 23.8 Å². The van der Waals surface area contributed by atoms with Gasteiger partial charge < -0.3 is 15.1 Å². The molecule has 0 fully saturated rings. The molecule has 0 saturated heterocycles. The molecule has 5 heteroatoms. The van der Waals surface area contributed by atoms with Crippen molar-refractivity contribution < 1.29 is 0 Å². The molecule has 0 unspecified atom stereocenters. The Morgan fingerprint density at radius 2 is 1.16 bits per heavy atom. The van der Waals surface area contributed by atoms with Crippen LogP contribution in [-0.4, -0.2) is 38.2 Å². The van der Waals surface area contributed by atoms with Crippen LogP contribution in [0.5, 0.6) is 0 Å². The zero-order valence-electron chi connectivity index (χ0n) is 11.8. The molecule has 2 aromatic heterocycles. The number of hydrogen-bond donors (Lipinski definition) is 1. The van der Waals surface area contributed by atoms with E-state index in [-0.39, 0.29) is 0 Å². The Hall–Kier alpha value is -2.30. The summed E-state index contributed by atoms with van der Waals surface area (Å²) in [5, 5.41) is 3.27. The van der Waals surface area contributed by atoms with Gasteiger partial charge >= 0.3 is 0 Å². The highest BCUT2D eigenvalue weighted by Gasteiger charge is 2.00. The summed E-state index contributed by atoms with van der Waals surface area (Å²) in [6.45, 7) is 0. The Balaban J connectivity index is 2.08. The molecular weight excluding hydrogens is 238 g/mol. The van der Waals surface area contributed by atoms with Gasteiger partial charge in [0.25, 0.3) is 0 Å². The Bertz CT molecular complexity index is 467. The average Bonchev–Trinajstić information content (AvgIpc) is 2.40. The van der Waals surface area contributed by atoms with Crippen LogP contribution in [0.25, 0.3) is 0 Å². The van der Waals surface area contributed by atoms with Crippen molar-refractivity contribution in [1.29, 1.82) is 0 Å². The molecule has 0 spiro atoms. The number of rotatable bonds is 4.